The van der Waals surface area contributed by atoms with Gasteiger partial charge in [0.05, 0.1) is 5.56 Å². The molecule has 1 aromatic heterocycles. The van der Waals surface area contributed by atoms with Crippen LogP contribution in [0.15, 0.2) is 36.5 Å². The third-order valence-electron chi connectivity index (χ3n) is 6.28. The van der Waals surface area contributed by atoms with Crippen LogP contribution >= 0.6 is 0 Å². The molecule has 170 valence electrons. The SMILES string of the molecule is N#Cc1ccnc(N[C@@H]2CCCC[C@H]2N[C@H]2CCCN(c3ccc(C(F)(F)F)cc3)C2)n1. The van der Waals surface area contributed by atoms with Crippen LogP contribution in [0.25, 0.3) is 0 Å². The molecule has 2 N–H and O–H groups in total. The number of alkyl halides is 3. The zero-order chi connectivity index (χ0) is 22.6. The molecule has 1 saturated carbocycles. The molecule has 2 heterocycles. The zero-order valence-corrected chi connectivity index (χ0v) is 17.8. The highest BCUT2D eigenvalue weighted by Crippen LogP contribution is 2.31. The van der Waals surface area contributed by atoms with Gasteiger partial charge in [0, 0.05) is 43.1 Å². The molecule has 2 aliphatic rings. The maximum Gasteiger partial charge on any atom is 0.416 e. The lowest BCUT2D eigenvalue weighted by Gasteiger charge is -2.40. The van der Waals surface area contributed by atoms with Crippen LogP contribution in [-0.2, 0) is 6.18 Å². The molecule has 6 nitrogen and oxygen atoms in total. The number of rotatable bonds is 5. The highest BCUT2D eigenvalue weighted by Gasteiger charge is 2.32. The lowest BCUT2D eigenvalue weighted by atomic mass is 9.89. The summed E-state index contributed by atoms with van der Waals surface area (Å²) in [5.41, 5.74) is 0.540. The number of hydrogen-bond acceptors (Lipinski definition) is 6. The number of hydrogen-bond donors (Lipinski definition) is 2. The molecule has 4 rings (SSSR count). The second kappa shape index (κ2) is 9.74. The van der Waals surface area contributed by atoms with Crippen LogP contribution < -0.4 is 15.5 Å². The first-order valence-electron chi connectivity index (χ1n) is 11.1. The molecule has 32 heavy (non-hydrogen) atoms. The van der Waals surface area contributed by atoms with Crippen molar-refractivity contribution < 1.29 is 13.2 Å². The topological polar surface area (TPSA) is 76.9 Å². The maximum atomic E-state index is 12.9. The second-order valence-corrected chi connectivity index (χ2v) is 8.52. The lowest BCUT2D eigenvalue weighted by Crippen LogP contribution is -2.55. The van der Waals surface area contributed by atoms with Gasteiger partial charge in [-0.15, -0.1) is 0 Å². The molecule has 0 bridgehead atoms. The summed E-state index contributed by atoms with van der Waals surface area (Å²) in [5, 5.41) is 16.3. The summed E-state index contributed by atoms with van der Waals surface area (Å²) >= 11 is 0. The Bertz CT molecular complexity index is 940. The molecule has 9 heteroatoms. The van der Waals surface area contributed by atoms with Gasteiger partial charge >= 0.3 is 6.18 Å². The Morgan fingerprint density at radius 3 is 2.47 bits per heavy atom. The fourth-order valence-corrected chi connectivity index (χ4v) is 4.67. The Morgan fingerprint density at radius 2 is 1.75 bits per heavy atom. The van der Waals surface area contributed by atoms with E-state index in [1.807, 2.05) is 6.07 Å². The minimum absolute atomic E-state index is 0.166. The fraction of sp³-hybridized carbons (Fsp3) is 0.522. The second-order valence-electron chi connectivity index (χ2n) is 8.52. The molecule has 2 fully saturated rings. The first-order chi connectivity index (χ1) is 15.4. The Hall–Kier alpha value is -2.86. The monoisotopic (exact) mass is 444 g/mol. The van der Waals surface area contributed by atoms with E-state index in [1.54, 1.807) is 24.4 Å². The molecule has 0 spiro atoms. The summed E-state index contributed by atoms with van der Waals surface area (Å²) < 4.78 is 38.6. The van der Waals surface area contributed by atoms with Gasteiger partial charge in [-0.3, -0.25) is 0 Å². The zero-order valence-electron chi connectivity index (χ0n) is 17.8. The van der Waals surface area contributed by atoms with Crippen molar-refractivity contribution in [3.63, 3.8) is 0 Å². The molecule has 2 aromatic rings. The summed E-state index contributed by atoms with van der Waals surface area (Å²) in [4.78, 5) is 10.7. The molecular weight excluding hydrogens is 417 g/mol. The Labute approximate surface area is 185 Å². The van der Waals surface area contributed by atoms with E-state index in [2.05, 4.69) is 25.5 Å². The van der Waals surface area contributed by atoms with Crippen molar-refractivity contribution in [1.82, 2.24) is 15.3 Å². The number of nitrogens with one attached hydrogen (secondary N) is 2. The Morgan fingerprint density at radius 1 is 1.00 bits per heavy atom. The van der Waals surface area contributed by atoms with E-state index in [9.17, 15) is 13.2 Å². The standard InChI is InChI=1S/C23H27F3N6/c24-23(25,26)16-7-9-19(10-8-16)32-13-3-4-18(15-32)29-20-5-1-2-6-21(20)31-22-28-12-11-17(14-27)30-22/h7-12,18,20-21,29H,1-6,13,15H2,(H,28,30,31)/t18-,20+,21+/m0/s1. The number of aromatic nitrogens is 2. The number of anilines is 2. The van der Waals surface area contributed by atoms with Gasteiger partial charge in [-0.25, -0.2) is 9.97 Å². The molecule has 0 radical (unpaired) electrons. The number of benzene rings is 1. The van der Waals surface area contributed by atoms with Crippen molar-refractivity contribution in [3.8, 4) is 6.07 Å². The van der Waals surface area contributed by atoms with Crippen LogP contribution in [0, 0.1) is 11.3 Å². The molecule has 0 unspecified atom stereocenters. The normalized spacial score (nSPS) is 24.1. The number of nitrogens with zero attached hydrogens (tertiary/aromatic N) is 4. The number of piperidine rings is 1. The number of halogens is 3. The molecular formula is C23H27F3N6. The van der Waals surface area contributed by atoms with Crippen LogP contribution in [0.2, 0.25) is 0 Å². The van der Waals surface area contributed by atoms with E-state index < -0.39 is 11.7 Å². The smallest absolute Gasteiger partial charge is 0.370 e. The van der Waals surface area contributed by atoms with E-state index in [-0.39, 0.29) is 18.1 Å². The Balaban J connectivity index is 1.39. The summed E-state index contributed by atoms with van der Waals surface area (Å²) in [5.74, 6) is 0.470. The van der Waals surface area contributed by atoms with Gasteiger partial charge < -0.3 is 15.5 Å². The van der Waals surface area contributed by atoms with Gasteiger partial charge in [0.25, 0.3) is 0 Å². The van der Waals surface area contributed by atoms with E-state index in [0.717, 1.165) is 69.4 Å². The van der Waals surface area contributed by atoms with E-state index >= 15 is 0 Å². The molecule has 1 aliphatic heterocycles. The van der Waals surface area contributed by atoms with Gasteiger partial charge in [0.2, 0.25) is 5.95 Å². The molecule has 3 atom stereocenters. The Kier molecular flexibility index (Phi) is 6.80. The van der Waals surface area contributed by atoms with Gasteiger partial charge in [-0.05, 0) is 56.0 Å². The molecule has 0 amide bonds. The van der Waals surface area contributed by atoms with Crippen molar-refractivity contribution in [3.05, 3.63) is 47.8 Å². The number of nitriles is 1. The molecule has 1 aromatic carbocycles. The first-order valence-corrected chi connectivity index (χ1v) is 11.1. The summed E-state index contributed by atoms with van der Waals surface area (Å²) in [6.07, 6.45) is 3.57. The van der Waals surface area contributed by atoms with Crippen LogP contribution in [-0.4, -0.2) is 41.2 Å². The van der Waals surface area contributed by atoms with Gasteiger partial charge in [-0.2, -0.15) is 18.4 Å². The summed E-state index contributed by atoms with van der Waals surface area (Å²) in [6.45, 7) is 1.60. The average molecular weight is 445 g/mol. The molecule has 1 aliphatic carbocycles. The van der Waals surface area contributed by atoms with Crippen molar-refractivity contribution in [1.29, 1.82) is 5.26 Å². The third kappa shape index (κ3) is 5.49. The van der Waals surface area contributed by atoms with E-state index in [0.29, 0.717) is 11.6 Å². The van der Waals surface area contributed by atoms with Gasteiger partial charge in [0.1, 0.15) is 11.8 Å². The van der Waals surface area contributed by atoms with E-state index in [4.69, 9.17) is 5.26 Å². The first kappa shape index (κ1) is 22.3. The highest BCUT2D eigenvalue weighted by molar-refractivity contribution is 5.48. The van der Waals surface area contributed by atoms with Crippen LogP contribution in [0.3, 0.4) is 0 Å². The van der Waals surface area contributed by atoms with Crippen LogP contribution in [0.1, 0.15) is 49.8 Å². The van der Waals surface area contributed by atoms with Crippen molar-refractivity contribution in [2.75, 3.05) is 23.3 Å². The van der Waals surface area contributed by atoms with E-state index in [1.165, 1.54) is 0 Å². The largest absolute Gasteiger partial charge is 0.416 e. The quantitative estimate of drug-likeness (QED) is 0.714. The van der Waals surface area contributed by atoms with Crippen LogP contribution in [0.5, 0.6) is 0 Å². The van der Waals surface area contributed by atoms with Crippen molar-refractivity contribution in [2.24, 2.45) is 0 Å². The molecule has 1 saturated heterocycles. The maximum absolute atomic E-state index is 12.9. The van der Waals surface area contributed by atoms with Crippen molar-refractivity contribution >= 4 is 11.6 Å². The summed E-state index contributed by atoms with van der Waals surface area (Å²) in [6, 6.07) is 9.73. The third-order valence-corrected chi connectivity index (χ3v) is 6.28. The van der Waals surface area contributed by atoms with Gasteiger partial charge in [-0.1, -0.05) is 12.8 Å². The lowest BCUT2D eigenvalue weighted by molar-refractivity contribution is -0.137. The fourth-order valence-electron chi connectivity index (χ4n) is 4.67. The van der Waals surface area contributed by atoms with Gasteiger partial charge in [0.15, 0.2) is 0 Å². The highest BCUT2D eigenvalue weighted by atomic mass is 19.4. The minimum Gasteiger partial charge on any atom is -0.370 e. The minimum atomic E-state index is -4.32. The predicted molar refractivity (Wildman–Crippen MR) is 116 cm³/mol. The predicted octanol–water partition coefficient (Wildman–Crippen LogP) is 4.35. The van der Waals surface area contributed by atoms with Crippen LogP contribution in [0.4, 0.5) is 24.8 Å². The van der Waals surface area contributed by atoms with Crippen molar-refractivity contribution in [2.45, 2.75) is 62.8 Å². The summed E-state index contributed by atoms with van der Waals surface area (Å²) in [7, 11) is 0. The average Bonchev–Trinajstić information content (AvgIpc) is 2.80.